The van der Waals surface area contributed by atoms with E-state index in [0.717, 1.165) is 23.0 Å². The zero-order chi connectivity index (χ0) is 12.4. The van der Waals surface area contributed by atoms with Gasteiger partial charge < -0.3 is 4.98 Å². The molecule has 1 heterocycles. The van der Waals surface area contributed by atoms with Crippen LogP contribution in [0.2, 0.25) is 0 Å². The lowest BCUT2D eigenvalue weighted by atomic mass is 10.0. The fourth-order valence-corrected chi connectivity index (χ4v) is 1.97. The number of likely N-dealkylation sites (N-methyl/N-ethyl adjacent to an activating group) is 1. The van der Waals surface area contributed by atoms with Gasteiger partial charge in [-0.15, -0.1) is 0 Å². The third-order valence-electron chi connectivity index (χ3n) is 3.39. The summed E-state index contributed by atoms with van der Waals surface area (Å²) in [4.78, 5) is 17.5. The van der Waals surface area contributed by atoms with Crippen molar-refractivity contribution in [2.75, 3.05) is 13.6 Å². The summed E-state index contributed by atoms with van der Waals surface area (Å²) >= 11 is 0. The number of hydrogen-bond acceptors (Lipinski definition) is 2. The molecule has 0 spiro atoms. The SMILES string of the molecule is CCN(C)C(C)C(=O)c1c[nH]c2ccccc12. The minimum absolute atomic E-state index is 0.0841. The Balaban J connectivity index is 2.37. The van der Waals surface area contributed by atoms with Gasteiger partial charge in [0.15, 0.2) is 5.78 Å². The molecule has 1 atom stereocenters. The van der Waals surface area contributed by atoms with Crippen LogP contribution in [-0.4, -0.2) is 35.3 Å². The quantitative estimate of drug-likeness (QED) is 0.820. The van der Waals surface area contributed by atoms with Crippen LogP contribution in [0.3, 0.4) is 0 Å². The van der Waals surface area contributed by atoms with Gasteiger partial charge >= 0.3 is 0 Å². The molecular formula is C14H18N2O. The number of ketones is 1. The number of Topliss-reactive ketones (excluding diaryl/α,β-unsaturated/α-hetero) is 1. The minimum Gasteiger partial charge on any atom is -0.360 e. The van der Waals surface area contributed by atoms with E-state index in [1.54, 1.807) is 0 Å². The van der Waals surface area contributed by atoms with Gasteiger partial charge in [0.05, 0.1) is 6.04 Å². The van der Waals surface area contributed by atoms with Gasteiger partial charge in [-0.1, -0.05) is 25.1 Å². The Morgan fingerprint density at radius 1 is 1.41 bits per heavy atom. The molecule has 0 aliphatic carbocycles. The molecule has 0 aliphatic rings. The first-order valence-electron chi connectivity index (χ1n) is 5.95. The van der Waals surface area contributed by atoms with E-state index in [9.17, 15) is 4.79 Å². The number of carbonyl (C=O) groups excluding carboxylic acids is 1. The topological polar surface area (TPSA) is 36.1 Å². The molecule has 3 nitrogen and oxygen atoms in total. The van der Waals surface area contributed by atoms with E-state index in [2.05, 4.69) is 11.9 Å². The van der Waals surface area contributed by atoms with Crippen LogP contribution in [0.15, 0.2) is 30.5 Å². The second-order valence-corrected chi connectivity index (χ2v) is 4.36. The minimum atomic E-state index is -0.0841. The summed E-state index contributed by atoms with van der Waals surface area (Å²) in [6, 6.07) is 7.81. The average Bonchev–Trinajstić information content (AvgIpc) is 2.79. The van der Waals surface area contributed by atoms with Gasteiger partial charge in [-0.3, -0.25) is 9.69 Å². The van der Waals surface area contributed by atoms with E-state index in [1.165, 1.54) is 0 Å². The highest BCUT2D eigenvalue weighted by molar-refractivity contribution is 6.10. The second-order valence-electron chi connectivity index (χ2n) is 4.36. The zero-order valence-electron chi connectivity index (χ0n) is 10.5. The van der Waals surface area contributed by atoms with Gasteiger partial charge in [-0.2, -0.15) is 0 Å². The van der Waals surface area contributed by atoms with Crippen molar-refractivity contribution in [1.82, 2.24) is 9.88 Å². The summed E-state index contributed by atoms with van der Waals surface area (Å²) < 4.78 is 0. The normalized spacial score (nSPS) is 13.2. The molecule has 90 valence electrons. The van der Waals surface area contributed by atoms with Crippen molar-refractivity contribution in [3.63, 3.8) is 0 Å². The molecule has 17 heavy (non-hydrogen) atoms. The van der Waals surface area contributed by atoms with Crippen LogP contribution in [0.25, 0.3) is 10.9 Å². The van der Waals surface area contributed by atoms with E-state index in [1.807, 2.05) is 49.3 Å². The van der Waals surface area contributed by atoms with E-state index < -0.39 is 0 Å². The van der Waals surface area contributed by atoms with Crippen molar-refractivity contribution in [1.29, 1.82) is 0 Å². The zero-order valence-corrected chi connectivity index (χ0v) is 10.5. The summed E-state index contributed by atoms with van der Waals surface area (Å²) in [6.45, 7) is 4.88. The lowest BCUT2D eigenvalue weighted by molar-refractivity contribution is 0.0875. The van der Waals surface area contributed by atoms with Crippen molar-refractivity contribution in [3.05, 3.63) is 36.0 Å². The standard InChI is InChI=1S/C14H18N2O/c1-4-16(3)10(2)14(17)12-9-15-13-8-6-5-7-11(12)13/h5-10,15H,4H2,1-3H3. The first kappa shape index (κ1) is 11.9. The van der Waals surface area contributed by atoms with Gasteiger partial charge in [0, 0.05) is 22.7 Å². The number of nitrogens with one attached hydrogen (secondary N) is 1. The predicted molar refractivity (Wildman–Crippen MR) is 70.4 cm³/mol. The highest BCUT2D eigenvalue weighted by Crippen LogP contribution is 2.20. The third kappa shape index (κ3) is 2.11. The molecule has 1 aromatic carbocycles. The molecule has 1 unspecified atom stereocenters. The molecule has 0 radical (unpaired) electrons. The molecule has 1 N–H and O–H groups in total. The van der Waals surface area contributed by atoms with Crippen LogP contribution in [0.4, 0.5) is 0 Å². The summed E-state index contributed by atoms with van der Waals surface area (Å²) in [5.41, 5.74) is 1.80. The fraction of sp³-hybridized carbons (Fsp3) is 0.357. The number of benzene rings is 1. The van der Waals surface area contributed by atoms with Gasteiger partial charge in [-0.25, -0.2) is 0 Å². The van der Waals surface area contributed by atoms with Gasteiger partial charge in [0.2, 0.25) is 0 Å². The molecular weight excluding hydrogens is 212 g/mol. The summed E-state index contributed by atoms with van der Waals surface area (Å²) in [7, 11) is 1.97. The van der Waals surface area contributed by atoms with Crippen molar-refractivity contribution in [3.8, 4) is 0 Å². The number of fused-ring (bicyclic) bond motifs is 1. The maximum Gasteiger partial charge on any atom is 0.181 e. The number of aromatic nitrogens is 1. The first-order chi connectivity index (χ1) is 8.15. The van der Waals surface area contributed by atoms with Crippen molar-refractivity contribution in [2.45, 2.75) is 19.9 Å². The summed E-state index contributed by atoms with van der Waals surface area (Å²) in [6.07, 6.45) is 1.81. The Kier molecular flexibility index (Phi) is 3.29. The van der Waals surface area contributed by atoms with Crippen molar-refractivity contribution < 1.29 is 4.79 Å². The number of para-hydroxylation sites is 1. The smallest absolute Gasteiger partial charge is 0.181 e. The maximum atomic E-state index is 12.4. The molecule has 0 aliphatic heterocycles. The average molecular weight is 230 g/mol. The maximum absolute atomic E-state index is 12.4. The van der Waals surface area contributed by atoms with Crippen LogP contribution < -0.4 is 0 Å². The molecule has 0 amide bonds. The number of carbonyl (C=O) groups is 1. The Morgan fingerprint density at radius 3 is 2.82 bits per heavy atom. The number of H-pyrrole nitrogens is 1. The molecule has 2 rings (SSSR count). The number of nitrogens with zero attached hydrogens (tertiary/aromatic N) is 1. The van der Waals surface area contributed by atoms with E-state index >= 15 is 0 Å². The lowest BCUT2D eigenvalue weighted by Crippen LogP contribution is -2.35. The molecule has 1 aromatic heterocycles. The van der Waals surface area contributed by atoms with Crippen molar-refractivity contribution in [2.24, 2.45) is 0 Å². The Morgan fingerprint density at radius 2 is 2.12 bits per heavy atom. The van der Waals surface area contributed by atoms with Crippen LogP contribution in [0.5, 0.6) is 0 Å². The summed E-state index contributed by atoms with van der Waals surface area (Å²) in [5.74, 6) is 0.173. The first-order valence-corrected chi connectivity index (χ1v) is 5.95. The van der Waals surface area contributed by atoms with Gasteiger partial charge in [0.25, 0.3) is 0 Å². The number of hydrogen-bond donors (Lipinski definition) is 1. The summed E-state index contributed by atoms with van der Waals surface area (Å²) in [5, 5.41) is 1.01. The fourth-order valence-electron chi connectivity index (χ4n) is 1.97. The predicted octanol–water partition coefficient (Wildman–Crippen LogP) is 2.69. The molecule has 2 aromatic rings. The lowest BCUT2D eigenvalue weighted by Gasteiger charge is -2.21. The molecule has 0 saturated heterocycles. The van der Waals surface area contributed by atoms with E-state index in [-0.39, 0.29) is 11.8 Å². The second kappa shape index (κ2) is 4.72. The molecule has 0 bridgehead atoms. The Hall–Kier alpha value is -1.61. The molecule has 0 fully saturated rings. The van der Waals surface area contributed by atoms with E-state index in [4.69, 9.17) is 0 Å². The third-order valence-corrected chi connectivity index (χ3v) is 3.39. The van der Waals surface area contributed by atoms with Gasteiger partial charge in [-0.05, 0) is 26.6 Å². The van der Waals surface area contributed by atoms with Crippen LogP contribution >= 0.6 is 0 Å². The highest BCUT2D eigenvalue weighted by atomic mass is 16.1. The Bertz CT molecular complexity index is 530. The number of rotatable bonds is 4. The van der Waals surface area contributed by atoms with Crippen LogP contribution in [0.1, 0.15) is 24.2 Å². The van der Waals surface area contributed by atoms with Gasteiger partial charge in [0.1, 0.15) is 0 Å². The Labute approximate surface area is 101 Å². The largest absolute Gasteiger partial charge is 0.360 e. The van der Waals surface area contributed by atoms with E-state index in [0.29, 0.717) is 0 Å². The van der Waals surface area contributed by atoms with Crippen molar-refractivity contribution >= 4 is 16.7 Å². The monoisotopic (exact) mass is 230 g/mol. The number of aromatic amines is 1. The van der Waals surface area contributed by atoms with Crippen LogP contribution in [-0.2, 0) is 0 Å². The highest BCUT2D eigenvalue weighted by Gasteiger charge is 2.20. The van der Waals surface area contributed by atoms with Crippen LogP contribution in [0, 0.1) is 0 Å². The molecule has 0 saturated carbocycles. The molecule has 3 heteroatoms.